The van der Waals surface area contributed by atoms with E-state index in [-0.39, 0.29) is 5.41 Å². The second kappa shape index (κ2) is 9.64. The summed E-state index contributed by atoms with van der Waals surface area (Å²) in [7, 11) is 0. The molecule has 1 atom stereocenters. The van der Waals surface area contributed by atoms with Crippen molar-refractivity contribution in [3.8, 4) is 22.5 Å². The van der Waals surface area contributed by atoms with Crippen molar-refractivity contribution in [3.05, 3.63) is 101 Å². The average molecular weight is 496 g/mol. The topological polar surface area (TPSA) is 83.6 Å². The maximum atomic E-state index is 11.6. The van der Waals surface area contributed by atoms with E-state index >= 15 is 0 Å². The second-order valence-electron chi connectivity index (χ2n) is 10.9. The van der Waals surface area contributed by atoms with E-state index in [0.717, 1.165) is 34.2 Å². The molecule has 1 unspecified atom stereocenters. The summed E-state index contributed by atoms with van der Waals surface area (Å²) in [6.07, 6.45) is 2.13. The van der Waals surface area contributed by atoms with E-state index in [1.165, 1.54) is 5.56 Å². The molecule has 1 aliphatic carbocycles. The lowest BCUT2D eigenvalue weighted by molar-refractivity contribution is -0.140. The highest BCUT2D eigenvalue weighted by Gasteiger charge is 2.51. The molecule has 1 heterocycles. The van der Waals surface area contributed by atoms with E-state index in [4.69, 9.17) is 4.52 Å². The predicted octanol–water partition coefficient (Wildman–Crippen LogP) is 7.22. The molecule has 0 radical (unpaired) electrons. The molecule has 0 amide bonds. The van der Waals surface area contributed by atoms with Crippen LogP contribution in [0.1, 0.15) is 68.0 Å². The number of carboxylic acids is 1. The Balaban J connectivity index is 1.32. The standard InChI is InChI=1S/C32H33NO4/c1-21-28(27(34)17-18-31(2,3)25-7-5-4-6-8-25)29(37-33-21)24-11-9-22(10-12-24)23-13-15-26(16-14-23)32(19-20-32)30(35)36/h4-16,27,34H,17-20H2,1-3H3,(H,35,36). The maximum Gasteiger partial charge on any atom is 0.314 e. The largest absolute Gasteiger partial charge is 0.481 e. The summed E-state index contributed by atoms with van der Waals surface area (Å²) in [5, 5.41) is 24.9. The van der Waals surface area contributed by atoms with Crippen molar-refractivity contribution in [3.63, 3.8) is 0 Å². The Labute approximate surface area is 217 Å². The summed E-state index contributed by atoms with van der Waals surface area (Å²) in [6, 6.07) is 26.2. The van der Waals surface area contributed by atoms with Crippen molar-refractivity contribution in [1.29, 1.82) is 0 Å². The number of rotatable bonds is 9. The first-order chi connectivity index (χ1) is 17.7. The van der Waals surface area contributed by atoms with Gasteiger partial charge in [0.15, 0.2) is 5.76 Å². The van der Waals surface area contributed by atoms with Crippen molar-refractivity contribution in [2.75, 3.05) is 0 Å². The van der Waals surface area contributed by atoms with Crippen molar-refractivity contribution in [2.24, 2.45) is 0 Å². The molecule has 1 saturated carbocycles. The Bertz CT molecular complexity index is 1380. The van der Waals surface area contributed by atoms with Crippen LogP contribution in [-0.4, -0.2) is 21.3 Å². The molecule has 1 aromatic heterocycles. The van der Waals surface area contributed by atoms with E-state index in [0.29, 0.717) is 30.7 Å². The molecule has 5 nitrogen and oxygen atoms in total. The summed E-state index contributed by atoms with van der Waals surface area (Å²) in [4.78, 5) is 11.6. The van der Waals surface area contributed by atoms with Crippen LogP contribution in [0.5, 0.6) is 0 Å². The number of nitrogens with zero attached hydrogens (tertiary/aromatic N) is 1. The lowest BCUT2D eigenvalue weighted by Crippen LogP contribution is -2.19. The third kappa shape index (κ3) is 4.84. The van der Waals surface area contributed by atoms with Gasteiger partial charge >= 0.3 is 5.97 Å². The first-order valence-electron chi connectivity index (χ1n) is 12.9. The first kappa shape index (κ1) is 25.0. The highest BCUT2D eigenvalue weighted by atomic mass is 16.5. The molecule has 0 aliphatic heterocycles. The molecule has 5 heteroatoms. The monoisotopic (exact) mass is 495 g/mol. The molecular formula is C32H33NO4. The Morgan fingerprint density at radius 1 is 0.946 bits per heavy atom. The Hall–Kier alpha value is -3.70. The van der Waals surface area contributed by atoms with E-state index < -0.39 is 17.5 Å². The molecular weight excluding hydrogens is 462 g/mol. The molecule has 2 N–H and O–H groups in total. The molecule has 5 rings (SSSR count). The summed E-state index contributed by atoms with van der Waals surface area (Å²) in [6.45, 7) is 6.27. The fourth-order valence-electron chi connectivity index (χ4n) is 5.20. The number of benzene rings is 3. The summed E-state index contributed by atoms with van der Waals surface area (Å²) in [5.41, 5.74) is 5.72. The van der Waals surface area contributed by atoms with Gasteiger partial charge in [0.2, 0.25) is 0 Å². The van der Waals surface area contributed by atoms with Crippen LogP contribution in [0.3, 0.4) is 0 Å². The van der Waals surface area contributed by atoms with E-state index in [9.17, 15) is 15.0 Å². The Morgan fingerprint density at radius 2 is 1.51 bits per heavy atom. The number of carboxylic acid groups (broad SMARTS) is 1. The van der Waals surface area contributed by atoms with Gasteiger partial charge in [-0.3, -0.25) is 4.79 Å². The van der Waals surface area contributed by atoms with Gasteiger partial charge in [0.25, 0.3) is 0 Å². The van der Waals surface area contributed by atoms with Gasteiger partial charge in [-0.15, -0.1) is 0 Å². The molecule has 1 aliphatic rings. The number of carbonyl (C=O) groups is 1. The summed E-state index contributed by atoms with van der Waals surface area (Å²) >= 11 is 0. The van der Waals surface area contributed by atoms with Crippen molar-refractivity contribution >= 4 is 5.97 Å². The molecule has 3 aromatic carbocycles. The SMILES string of the molecule is Cc1noc(-c2ccc(-c3ccc(C4(C(=O)O)CC4)cc3)cc2)c1C(O)CCC(C)(C)c1ccccc1. The normalized spacial score (nSPS) is 15.4. The third-order valence-corrected chi connectivity index (χ3v) is 7.92. The number of aryl methyl sites for hydroxylation is 1. The smallest absolute Gasteiger partial charge is 0.314 e. The quantitative estimate of drug-likeness (QED) is 0.256. The average Bonchev–Trinajstić information content (AvgIpc) is 3.65. The van der Waals surface area contributed by atoms with Gasteiger partial charge in [0, 0.05) is 5.56 Å². The van der Waals surface area contributed by atoms with Crippen LogP contribution in [0.25, 0.3) is 22.5 Å². The van der Waals surface area contributed by atoms with Crippen LogP contribution in [0.2, 0.25) is 0 Å². The van der Waals surface area contributed by atoms with Crippen molar-refractivity contribution in [2.45, 2.75) is 63.4 Å². The zero-order valence-electron chi connectivity index (χ0n) is 21.6. The fraction of sp³-hybridized carbons (Fsp3) is 0.312. The van der Waals surface area contributed by atoms with Crippen molar-refractivity contribution in [1.82, 2.24) is 5.16 Å². The van der Waals surface area contributed by atoms with Crippen LogP contribution in [0, 0.1) is 6.92 Å². The minimum absolute atomic E-state index is 0.0612. The predicted molar refractivity (Wildman–Crippen MR) is 144 cm³/mol. The number of aliphatic hydroxyl groups excluding tert-OH is 1. The van der Waals surface area contributed by atoms with E-state index in [1.54, 1.807) is 0 Å². The minimum Gasteiger partial charge on any atom is -0.481 e. The molecule has 4 aromatic rings. The number of hydrogen-bond donors (Lipinski definition) is 2. The number of aliphatic carboxylic acids is 1. The zero-order chi connectivity index (χ0) is 26.2. The van der Waals surface area contributed by atoms with Gasteiger partial charge in [-0.1, -0.05) is 97.9 Å². The maximum absolute atomic E-state index is 11.6. The summed E-state index contributed by atoms with van der Waals surface area (Å²) in [5.74, 6) is -0.143. The second-order valence-corrected chi connectivity index (χ2v) is 10.9. The Kier molecular flexibility index (Phi) is 6.50. The van der Waals surface area contributed by atoms with Gasteiger partial charge in [-0.2, -0.15) is 0 Å². The van der Waals surface area contributed by atoms with Crippen LogP contribution in [-0.2, 0) is 15.6 Å². The van der Waals surface area contributed by atoms with E-state index in [1.807, 2.05) is 73.7 Å². The highest BCUT2D eigenvalue weighted by Crippen LogP contribution is 2.48. The number of aromatic nitrogens is 1. The molecule has 190 valence electrons. The van der Waals surface area contributed by atoms with Gasteiger partial charge in [-0.25, -0.2) is 0 Å². The van der Waals surface area contributed by atoms with Crippen molar-refractivity contribution < 1.29 is 19.5 Å². The van der Waals surface area contributed by atoms with Crippen LogP contribution in [0.15, 0.2) is 83.4 Å². The van der Waals surface area contributed by atoms with E-state index in [2.05, 4.69) is 31.1 Å². The number of aliphatic hydroxyl groups is 1. The Morgan fingerprint density at radius 3 is 2.08 bits per heavy atom. The fourth-order valence-corrected chi connectivity index (χ4v) is 5.20. The first-order valence-corrected chi connectivity index (χ1v) is 12.9. The lowest BCUT2D eigenvalue weighted by Gasteiger charge is -2.26. The number of hydrogen-bond acceptors (Lipinski definition) is 4. The summed E-state index contributed by atoms with van der Waals surface area (Å²) < 4.78 is 5.68. The van der Waals surface area contributed by atoms with Crippen LogP contribution in [0.4, 0.5) is 0 Å². The van der Waals surface area contributed by atoms with Crippen LogP contribution < -0.4 is 0 Å². The zero-order valence-corrected chi connectivity index (χ0v) is 21.6. The molecule has 37 heavy (non-hydrogen) atoms. The molecule has 0 bridgehead atoms. The highest BCUT2D eigenvalue weighted by molar-refractivity contribution is 5.85. The van der Waals surface area contributed by atoms with Gasteiger partial charge in [0.05, 0.1) is 22.8 Å². The molecule has 1 fully saturated rings. The minimum atomic E-state index is -0.742. The van der Waals surface area contributed by atoms with Crippen LogP contribution >= 0.6 is 0 Å². The third-order valence-electron chi connectivity index (χ3n) is 7.92. The van der Waals surface area contributed by atoms with Gasteiger partial charge in [0.1, 0.15) is 0 Å². The van der Waals surface area contributed by atoms with Gasteiger partial charge < -0.3 is 14.7 Å². The molecule has 0 spiro atoms. The lowest BCUT2D eigenvalue weighted by atomic mass is 9.79. The molecule has 0 saturated heterocycles. The van der Waals surface area contributed by atoms with Gasteiger partial charge in [-0.05, 0) is 60.3 Å².